The van der Waals surface area contributed by atoms with Crippen molar-refractivity contribution in [2.24, 2.45) is 12.8 Å². The van der Waals surface area contributed by atoms with Crippen molar-refractivity contribution in [1.82, 2.24) is 9.78 Å². The molecule has 1 unspecified atom stereocenters. The Kier molecular flexibility index (Phi) is 2.71. The van der Waals surface area contributed by atoms with Gasteiger partial charge >= 0.3 is 0 Å². The molecule has 0 amide bonds. The molecule has 0 aliphatic heterocycles. The Hall–Kier alpha value is -0.650. The van der Waals surface area contributed by atoms with Crippen LogP contribution in [0.2, 0.25) is 0 Å². The molecule has 2 heterocycles. The van der Waals surface area contributed by atoms with Crippen LogP contribution in [0, 0.1) is 0 Å². The van der Waals surface area contributed by atoms with Crippen molar-refractivity contribution in [3.8, 4) is 0 Å². The molecular formula is C9H10BrN3S. The van der Waals surface area contributed by atoms with Gasteiger partial charge in [-0.1, -0.05) is 0 Å². The van der Waals surface area contributed by atoms with Crippen LogP contribution in [0.1, 0.15) is 17.3 Å². The zero-order valence-corrected chi connectivity index (χ0v) is 10.0. The van der Waals surface area contributed by atoms with Gasteiger partial charge in [0, 0.05) is 23.1 Å². The molecule has 0 spiro atoms. The van der Waals surface area contributed by atoms with Crippen molar-refractivity contribution in [2.45, 2.75) is 6.04 Å². The lowest BCUT2D eigenvalue weighted by atomic mass is 10.1. The molecule has 14 heavy (non-hydrogen) atoms. The summed E-state index contributed by atoms with van der Waals surface area (Å²) in [6.45, 7) is 0. The van der Waals surface area contributed by atoms with E-state index in [0.29, 0.717) is 0 Å². The zero-order chi connectivity index (χ0) is 10.1. The lowest BCUT2D eigenvalue weighted by Crippen LogP contribution is -2.12. The molecule has 2 N–H and O–H groups in total. The highest BCUT2D eigenvalue weighted by Crippen LogP contribution is 2.28. The van der Waals surface area contributed by atoms with Gasteiger partial charge in [0.2, 0.25) is 0 Å². The highest BCUT2D eigenvalue weighted by Gasteiger charge is 2.14. The number of nitrogens with two attached hydrogens (primary N) is 1. The van der Waals surface area contributed by atoms with Crippen molar-refractivity contribution in [3.05, 3.63) is 38.8 Å². The molecule has 2 aromatic rings. The Morgan fingerprint density at radius 1 is 1.57 bits per heavy atom. The van der Waals surface area contributed by atoms with E-state index in [1.165, 1.54) is 0 Å². The fourth-order valence-electron chi connectivity index (χ4n) is 1.27. The molecule has 0 aromatic carbocycles. The number of halogens is 1. The van der Waals surface area contributed by atoms with Gasteiger partial charge in [0.05, 0.1) is 11.7 Å². The van der Waals surface area contributed by atoms with E-state index in [2.05, 4.69) is 21.0 Å². The molecule has 5 heteroatoms. The van der Waals surface area contributed by atoms with Gasteiger partial charge in [-0.25, -0.2) is 0 Å². The summed E-state index contributed by atoms with van der Waals surface area (Å²) >= 11 is 5.10. The first kappa shape index (κ1) is 9.89. The van der Waals surface area contributed by atoms with Crippen molar-refractivity contribution in [2.75, 3.05) is 0 Å². The maximum absolute atomic E-state index is 6.08. The Labute approximate surface area is 94.7 Å². The minimum absolute atomic E-state index is 0.142. The molecule has 2 rings (SSSR count). The molecule has 1 atom stereocenters. The smallest absolute Gasteiger partial charge is 0.0837 e. The summed E-state index contributed by atoms with van der Waals surface area (Å²) in [7, 11) is 1.89. The average molecular weight is 272 g/mol. The predicted octanol–water partition coefficient (Wildman–Crippen LogP) is 2.29. The molecule has 3 nitrogen and oxygen atoms in total. The Bertz CT molecular complexity index is 435. The molecule has 0 fully saturated rings. The summed E-state index contributed by atoms with van der Waals surface area (Å²) in [5.41, 5.74) is 8.06. The van der Waals surface area contributed by atoms with Crippen LogP contribution in [-0.4, -0.2) is 9.78 Å². The normalized spacial score (nSPS) is 13.1. The molecule has 0 saturated heterocycles. The maximum Gasteiger partial charge on any atom is 0.0837 e. The highest BCUT2D eigenvalue weighted by molar-refractivity contribution is 9.10. The summed E-state index contributed by atoms with van der Waals surface area (Å²) in [5.74, 6) is 0. The third-order valence-electron chi connectivity index (χ3n) is 2.03. The summed E-state index contributed by atoms with van der Waals surface area (Å²) in [6.07, 6.45) is 1.90. The van der Waals surface area contributed by atoms with Crippen LogP contribution in [0.15, 0.2) is 27.5 Å². The number of hydrogen-bond acceptors (Lipinski definition) is 3. The second-order valence-corrected chi connectivity index (χ2v) is 4.66. The SMILES string of the molecule is Cn1ccc(C(N)c2cscc2Br)n1. The van der Waals surface area contributed by atoms with Crippen LogP contribution in [0.25, 0.3) is 0 Å². The highest BCUT2D eigenvalue weighted by atomic mass is 79.9. The topological polar surface area (TPSA) is 43.8 Å². The average Bonchev–Trinajstić information content (AvgIpc) is 2.73. The maximum atomic E-state index is 6.08. The number of thiophene rings is 1. The minimum Gasteiger partial charge on any atom is -0.319 e. The lowest BCUT2D eigenvalue weighted by molar-refractivity contribution is 0.716. The van der Waals surface area contributed by atoms with Gasteiger partial charge in [-0.15, -0.1) is 0 Å². The first-order chi connectivity index (χ1) is 6.68. The fourth-order valence-corrected chi connectivity index (χ4v) is 2.85. The lowest BCUT2D eigenvalue weighted by Gasteiger charge is -2.07. The number of nitrogens with zero attached hydrogens (tertiary/aromatic N) is 2. The quantitative estimate of drug-likeness (QED) is 0.911. The van der Waals surface area contributed by atoms with Crippen molar-refractivity contribution in [1.29, 1.82) is 0 Å². The van der Waals surface area contributed by atoms with Gasteiger partial charge in [0.25, 0.3) is 0 Å². The molecule has 0 aliphatic rings. The van der Waals surface area contributed by atoms with Crippen molar-refractivity contribution in [3.63, 3.8) is 0 Å². The first-order valence-electron chi connectivity index (χ1n) is 4.15. The molecule has 0 bridgehead atoms. The third kappa shape index (κ3) is 1.75. The summed E-state index contributed by atoms with van der Waals surface area (Å²) in [4.78, 5) is 0. The predicted molar refractivity (Wildman–Crippen MR) is 61.3 cm³/mol. The van der Waals surface area contributed by atoms with E-state index in [0.717, 1.165) is 15.7 Å². The summed E-state index contributed by atoms with van der Waals surface area (Å²) < 4.78 is 2.82. The van der Waals surface area contributed by atoms with Gasteiger partial charge in [-0.05, 0) is 32.9 Å². The molecule has 0 saturated carbocycles. The number of hydrogen-bond donors (Lipinski definition) is 1. The van der Waals surface area contributed by atoms with Crippen LogP contribution in [0.3, 0.4) is 0 Å². The van der Waals surface area contributed by atoms with Crippen LogP contribution in [-0.2, 0) is 7.05 Å². The zero-order valence-electron chi connectivity index (χ0n) is 7.64. The Balaban J connectivity index is 2.33. The van der Waals surface area contributed by atoms with E-state index < -0.39 is 0 Å². The van der Waals surface area contributed by atoms with Gasteiger partial charge in [0.1, 0.15) is 0 Å². The van der Waals surface area contributed by atoms with Gasteiger partial charge in [0.15, 0.2) is 0 Å². The largest absolute Gasteiger partial charge is 0.319 e. The van der Waals surface area contributed by atoms with Gasteiger partial charge < -0.3 is 5.73 Å². The molecule has 0 radical (unpaired) electrons. The van der Waals surface area contributed by atoms with Crippen LogP contribution < -0.4 is 5.73 Å². The monoisotopic (exact) mass is 271 g/mol. The Morgan fingerprint density at radius 2 is 2.36 bits per heavy atom. The fraction of sp³-hybridized carbons (Fsp3) is 0.222. The molecular weight excluding hydrogens is 262 g/mol. The van der Waals surface area contributed by atoms with Crippen LogP contribution >= 0.6 is 27.3 Å². The van der Waals surface area contributed by atoms with Crippen molar-refractivity contribution < 1.29 is 0 Å². The van der Waals surface area contributed by atoms with Crippen molar-refractivity contribution >= 4 is 27.3 Å². The number of aromatic nitrogens is 2. The van der Waals surface area contributed by atoms with E-state index >= 15 is 0 Å². The second kappa shape index (κ2) is 3.84. The molecule has 0 aliphatic carbocycles. The van der Waals surface area contributed by atoms with E-state index in [1.54, 1.807) is 16.0 Å². The standard InChI is InChI=1S/C9H10BrN3S/c1-13-3-2-8(12-13)9(11)6-4-14-5-7(6)10/h2-5,9H,11H2,1H3. The van der Waals surface area contributed by atoms with Gasteiger partial charge in [-0.3, -0.25) is 4.68 Å². The molecule has 74 valence electrons. The summed E-state index contributed by atoms with van der Waals surface area (Å²) in [5, 5.41) is 8.35. The van der Waals surface area contributed by atoms with Gasteiger partial charge in [-0.2, -0.15) is 16.4 Å². The van der Waals surface area contributed by atoms with E-state index in [9.17, 15) is 0 Å². The van der Waals surface area contributed by atoms with E-state index in [4.69, 9.17) is 5.73 Å². The minimum atomic E-state index is -0.142. The summed E-state index contributed by atoms with van der Waals surface area (Å²) in [6, 6.07) is 1.80. The van der Waals surface area contributed by atoms with Crippen LogP contribution in [0.4, 0.5) is 0 Å². The third-order valence-corrected chi connectivity index (χ3v) is 3.78. The number of aryl methyl sites for hydroxylation is 1. The van der Waals surface area contributed by atoms with Crippen LogP contribution in [0.5, 0.6) is 0 Å². The first-order valence-corrected chi connectivity index (χ1v) is 5.89. The van der Waals surface area contributed by atoms with E-state index in [1.807, 2.05) is 30.1 Å². The second-order valence-electron chi connectivity index (χ2n) is 3.07. The van der Waals surface area contributed by atoms with E-state index in [-0.39, 0.29) is 6.04 Å². The molecule has 2 aromatic heterocycles. The number of rotatable bonds is 2. The Morgan fingerprint density at radius 3 is 2.86 bits per heavy atom.